The first-order valence-electron chi connectivity index (χ1n) is 14.9. The van der Waals surface area contributed by atoms with Gasteiger partial charge in [-0.25, -0.2) is 0 Å². The Labute approximate surface area is 226 Å². The maximum Gasteiger partial charge on any atom is 0.0689 e. The topological polar surface area (TPSA) is 23.8 Å². The highest BCUT2D eigenvalue weighted by molar-refractivity contribution is 7.99. The molecule has 3 rings (SSSR count). The van der Waals surface area contributed by atoms with Gasteiger partial charge >= 0.3 is 0 Å². The van der Waals surface area contributed by atoms with Gasteiger partial charge in [0.2, 0.25) is 0 Å². The van der Waals surface area contributed by atoms with E-state index in [1.807, 2.05) is 11.8 Å². The quantitative estimate of drug-likeness (QED) is 0.168. The zero-order valence-corrected chi connectivity index (χ0v) is 23.9. The summed E-state index contributed by atoms with van der Waals surface area (Å²) in [6, 6.07) is 21.1. The molecule has 0 aromatic heterocycles. The zero-order valence-electron chi connectivity index (χ0n) is 23.1. The summed E-state index contributed by atoms with van der Waals surface area (Å²) in [4.78, 5) is 1.38. The molecule has 2 heteroatoms. The molecule has 2 aromatic carbocycles. The van der Waals surface area contributed by atoms with Gasteiger partial charge in [-0.2, -0.15) is 5.26 Å². The fourth-order valence-electron chi connectivity index (χ4n) is 5.75. The Hall–Kier alpha value is -1.72. The van der Waals surface area contributed by atoms with Gasteiger partial charge in [0, 0.05) is 4.90 Å². The van der Waals surface area contributed by atoms with Crippen molar-refractivity contribution in [2.75, 3.05) is 5.75 Å². The van der Waals surface area contributed by atoms with Gasteiger partial charge in [0.05, 0.1) is 11.5 Å². The summed E-state index contributed by atoms with van der Waals surface area (Å²) in [6.45, 7) is 4.54. The van der Waals surface area contributed by atoms with Gasteiger partial charge < -0.3 is 0 Å². The van der Waals surface area contributed by atoms with E-state index >= 15 is 0 Å². The van der Waals surface area contributed by atoms with Gasteiger partial charge in [-0.1, -0.05) is 114 Å². The van der Waals surface area contributed by atoms with Crippen LogP contribution in [0.4, 0.5) is 0 Å². The van der Waals surface area contributed by atoms with Crippen molar-refractivity contribution in [3.8, 4) is 17.2 Å². The molecule has 0 atom stereocenters. The van der Waals surface area contributed by atoms with Crippen LogP contribution < -0.4 is 0 Å². The van der Waals surface area contributed by atoms with Crippen molar-refractivity contribution in [2.45, 2.75) is 127 Å². The number of hydrogen-bond acceptors (Lipinski definition) is 2. The molecule has 2 aromatic rings. The molecule has 1 nitrogen and oxygen atoms in total. The Balaban J connectivity index is 1.44. The fraction of sp³-hybridized carbons (Fsp3) is 0.618. The smallest absolute Gasteiger partial charge is 0.0689 e. The van der Waals surface area contributed by atoms with Crippen LogP contribution in [0.3, 0.4) is 0 Å². The first-order chi connectivity index (χ1) is 17.7. The molecule has 1 saturated carbocycles. The molecule has 0 amide bonds. The molecule has 1 aliphatic rings. The zero-order chi connectivity index (χ0) is 25.5. The fourth-order valence-corrected chi connectivity index (χ4v) is 6.66. The Morgan fingerprint density at radius 2 is 1.25 bits per heavy atom. The van der Waals surface area contributed by atoms with E-state index in [0.29, 0.717) is 5.92 Å². The maximum atomic E-state index is 9.96. The standard InChI is InChI=1S/C34H49NS/c1-3-5-7-9-10-12-24-34(28-35)25-22-32(23-26-34)30-16-14-29(15-17-30)31-18-20-33(21-19-31)36-27-13-11-8-6-4-2/h14-21,32H,3-13,22-27H2,1-2H3/t32-,34-. The predicted octanol–water partition coefficient (Wildman–Crippen LogP) is 11.3. The highest BCUT2D eigenvalue weighted by Crippen LogP contribution is 2.46. The van der Waals surface area contributed by atoms with E-state index in [2.05, 4.69) is 68.4 Å². The van der Waals surface area contributed by atoms with Crippen LogP contribution >= 0.6 is 11.8 Å². The molecular formula is C34H49NS. The first kappa shape index (κ1) is 28.8. The highest BCUT2D eigenvalue weighted by Gasteiger charge is 2.35. The number of thioether (sulfide) groups is 1. The van der Waals surface area contributed by atoms with Crippen LogP contribution in [0.1, 0.15) is 128 Å². The highest BCUT2D eigenvalue weighted by atomic mass is 32.2. The molecule has 0 bridgehead atoms. The van der Waals surface area contributed by atoms with Gasteiger partial charge in [-0.05, 0) is 79.0 Å². The van der Waals surface area contributed by atoms with Crippen molar-refractivity contribution < 1.29 is 0 Å². The maximum absolute atomic E-state index is 9.96. The molecule has 0 unspecified atom stereocenters. The van der Waals surface area contributed by atoms with Crippen LogP contribution in [0.2, 0.25) is 0 Å². The van der Waals surface area contributed by atoms with Crippen LogP contribution in [0.5, 0.6) is 0 Å². The Bertz CT molecular complexity index is 884. The average Bonchev–Trinajstić information content (AvgIpc) is 2.93. The normalized spacial score (nSPS) is 19.8. The lowest BCUT2D eigenvalue weighted by Gasteiger charge is -2.35. The molecule has 36 heavy (non-hydrogen) atoms. The van der Waals surface area contributed by atoms with Crippen LogP contribution in [0.15, 0.2) is 53.4 Å². The molecule has 0 spiro atoms. The predicted molar refractivity (Wildman–Crippen MR) is 159 cm³/mol. The second-order valence-corrected chi connectivity index (χ2v) is 12.3. The van der Waals surface area contributed by atoms with Crippen molar-refractivity contribution in [3.05, 3.63) is 54.1 Å². The number of unbranched alkanes of at least 4 members (excludes halogenated alkanes) is 9. The summed E-state index contributed by atoms with van der Waals surface area (Å²) in [5, 5.41) is 9.96. The largest absolute Gasteiger partial charge is 0.198 e. The van der Waals surface area contributed by atoms with Crippen LogP contribution in [0.25, 0.3) is 11.1 Å². The summed E-state index contributed by atoms with van der Waals surface area (Å²) >= 11 is 1.99. The van der Waals surface area contributed by atoms with Gasteiger partial charge in [0.1, 0.15) is 0 Å². The molecule has 1 fully saturated rings. The van der Waals surface area contributed by atoms with Gasteiger partial charge in [-0.3, -0.25) is 0 Å². The van der Waals surface area contributed by atoms with Gasteiger partial charge in [-0.15, -0.1) is 11.8 Å². The molecular weight excluding hydrogens is 454 g/mol. The second-order valence-electron chi connectivity index (χ2n) is 11.1. The molecule has 0 aliphatic heterocycles. The third-order valence-electron chi connectivity index (χ3n) is 8.28. The average molecular weight is 504 g/mol. The van der Waals surface area contributed by atoms with Gasteiger partial charge in [0.25, 0.3) is 0 Å². The lowest BCUT2D eigenvalue weighted by Crippen LogP contribution is -2.25. The van der Waals surface area contributed by atoms with Crippen molar-refractivity contribution in [3.63, 3.8) is 0 Å². The minimum absolute atomic E-state index is 0.0591. The van der Waals surface area contributed by atoms with E-state index in [1.165, 1.54) is 98.0 Å². The molecule has 1 aliphatic carbocycles. The van der Waals surface area contributed by atoms with E-state index in [9.17, 15) is 5.26 Å². The number of rotatable bonds is 16. The first-order valence-corrected chi connectivity index (χ1v) is 15.9. The van der Waals surface area contributed by atoms with Crippen LogP contribution in [-0.4, -0.2) is 5.75 Å². The summed E-state index contributed by atoms with van der Waals surface area (Å²) in [6.07, 6.45) is 20.2. The summed E-state index contributed by atoms with van der Waals surface area (Å²) < 4.78 is 0. The number of benzene rings is 2. The monoisotopic (exact) mass is 503 g/mol. The van der Waals surface area contributed by atoms with E-state index in [-0.39, 0.29) is 5.41 Å². The number of nitriles is 1. The summed E-state index contributed by atoms with van der Waals surface area (Å²) in [5.41, 5.74) is 4.01. The Morgan fingerprint density at radius 1 is 0.722 bits per heavy atom. The molecule has 0 saturated heterocycles. The lowest BCUT2D eigenvalue weighted by molar-refractivity contribution is 0.223. The van der Waals surface area contributed by atoms with Crippen molar-refractivity contribution in [1.29, 1.82) is 5.26 Å². The summed E-state index contributed by atoms with van der Waals surface area (Å²) in [5.74, 6) is 1.84. The SMILES string of the molecule is CCCCCCCC[C@]1(C#N)CC[C@H](c2ccc(-c3ccc(SCCCCCCC)cc3)cc2)CC1. The van der Waals surface area contributed by atoms with Crippen molar-refractivity contribution in [2.24, 2.45) is 5.41 Å². The third kappa shape index (κ3) is 9.30. The van der Waals surface area contributed by atoms with Crippen LogP contribution in [-0.2, 0) is 0 Å². The number of hydrogen-bond donors (Lipinski definition) is 0. The Kier molecular flexibility index (Phi) is 13.0. The lowest BCUT2D eigenvalue weighted by atomic mass is 9.67. The van der Waals surface area contributed by atoms with E-state index in [0.717, 1.165) is 32.1 Å². The van der Waals surface area contributed by atoms with Crippen LogP contribution in [0, 0.1) is 16.7 Å². The van der Waals surface area contributed by atoms with E-state index < -0.39 is 0 Å². The number of nitrogens with zero attached hydrogens (tertiary/aromatic N) is 1. The van der Waals surface area contributed by atoms with Crippen molar-refractivity contribution in [1.82, 2.24) is 0 Å². The minimum Gasteiger partial charge on any atom is -0.198 e. The summed E-state index contributed by atoms with van der Waals surface area (Å²) in [7, 11) is 0. The minimum atomic E-state index is -0.0591. The molecule has 0 heterocycles. The third-order valence-corrected chi connectivity index (χ3v) is 9.37. The second kappa shape index (κ2) is 16.2. The molecule has 196 valence electrons. The Morgan fingerprint density at radius 3 is 1.83 bits per heavy atom. The van der Waals surface area contributed by atoms with Gasteiger partial charge in [0.15, 0.2) is 0 Å². The van der Waals surface area contributed by atoms with E-state index in [4.69, 9.17) is 0 Å². The van der Waals surface area contributed by atoms with Crippen molar-refractivity contribution >= 4 is 11.8 Å². The molecule has 0 N–H and O–H groups in total. The van der Waals surface area contributed by atoms with E-state index in [1.54, 1.807) is 0 Å². The molecule has 0 radical (unpaired) electrons.